The molecule has 0 aliphatic carbocycles. The zero-order valence-corrected chi connectivity index (χ0v) is 5.29. The van der Waals surface area contributed by atoms with E-state index in [1.807, 2.05) is 0 Å². The van der Waals surface area contributed by atoms with Gasteiger partial charge in [-0.25, -0.2) is 0 Å². The average molecular weight is 163 g/mol. The van der Waals surface area contributed by atoms with Crippen LogP contribution in [0.15, 0.2) is 0 Å². The quantitative estimate of drug-likeness (QED) is 0.374. The Morgan fingerprint density at radius 3 is 2.67 bits per heavy atom. The Labute approximate surface area is 70.2 Å². The van der Waals surface area contributed by atoms with Crippen LogP contribution >= 0.6 is 8.25 Å². The van der Waals surface area contributed by atoms with Crippen LogP contribution in [0.4, 0.5) is 0 Å². The molecule has 52 valence electrons. The summed E-state index contributed by atoms with van der Waals surface area (Å²) in [5.41, 5.74) is 5.25. The van der Waals surface area contributed by atoms with Crippen molar-refractivity contribution in [1.29, 1.82) is 0 Å². The summed E-state index contributed by atoms with van der Waals surface area (Å²) in [6, 6.07) is 0. The molecule has 0 aromatic rings. The van der Waals surface area contributed by atoms with Crippen LogP contribution in [0.3, 0.4) is 0 Å². The lowest BCUT2D eigenvalue weighted by Gasteiger charge is -2.17. The van der Waals surface area contributed by atoms with Gasteiger partial charge in [0.15, 0.2) is 0 Å². The van der Waals surface area contributed by atoms with Crippen molar-refractivity contribution in [3.63, 3.8) is 0 Å². The Balaban J connectivity index is 0.000000640. The van der Waals surface area contributed by atoms with E-state index < -0.39 is 8.25 Å². The maximum Gasteiger partial charge on any atom is 0.320 e. The number of hydrogen-bond acceptors (Lipinski definition) is 4. The minimum atomic E-state index is -2.22. The van der Waals surface area contributed by atoms with Crippen LogP contribution in [0, 0.1) is 0 Å². The maximum atomic E-state index is 10.3. The first-order chi connectivity index (χ1) is 3.79. The second-order valence-electron chi connectivity index (χ2n) is 1.54. The molecule has 1 aliphatic heterocycles. The van der Waals surface area contributed by atoms with Gasteiger partial charge in [-0.3, -0.25) is 9.09 Å². The summed E-state index contributed by atoms with van der Waals surface area (Å²) in [5, 5.41) is 0. The van der Waals surface area contributed by atoms with Crippen LogP contribution in [0.1, 0.15) is 6.42 Å². The zero-order chi connectivity index (χ0) is 5.98. The van der Waals surface area contributed by atoms with Crippen molar-refractivity contribution in [2.45, 2.75) is 12.6 Å². The Bertz CT molecular complexity index is 111. The monoisotopic (exact) mass is 163 g/mol. The molecule has 6 heteroatoms. The van der Waals surface area contributed by atoms with Gasteiger partial charge in [-0.05, 0) is 0 Å². The summed E-state index contributed by atoms with van der Waals surface area (Å²) in [7, 11) is -2.22. The van der Waals surface area contributed by atoms with Crippen molar-refractivity contribution < 1.29 is 13.6 Å². The first-order valence-corrected chi connectivity index (χ1v) is 3.60. The molecule has 2 unspecified atom stereocenters. The van der Waals surface area contributed by atoms with E-state index >= 15 is 0 Å². The molecule has 1 fully saturated rings. The smallest absolute Gasteiger partial charge is 0.310 e. The Hall–Kier alpha value is 0.876. The predicted molar refractivity (Wildman–Crippen MR) is 37.2 cm³/mol. The summed E-state index contributed by atoms with van der Waals surface area (Å²) in [6.45, 7) is 0.457. The molecule has 0 aromatic carbocycles. The molecule has 1 heterocycles. The molecule has 1 saturated heterocycles. The second kappa shape index (κ2) is 4.65. The third-order valence-electron chi connectivity index (χ3n) is 0.870. The molecule has 1 rings (SSSR count). The standard InChI is InChI=1S/C3H8NO3P.Mg.2H/c4-3-1-2-6-8(5)7-3;;;/h3,8H,1-2,4H2;;;. The van der Waals surface area contributed by atoms with Crippen molar-refractivity contribution in [1.82, 2.24) is 0 Å². The normalized spacial score (nSPS) is 35.2. The van der Waals surface area contributed by atoms with Crippen LogP contribution in [-0.4, -0.2) is 35.9 Å². The molecule has 2 atom stereocenters. The largest absolute Gasteiger partial charge is 0.320 e. The lowest BCUT2D eigenvalue weighted by atomic mass is 10.4. The predicted octanol–water partition coefficient (Wildman–Crippen LogP) is -0.818. The first kappa shape index (κ1) is 9.88. The summed E-state index contributed by atoms with van der Waals surface area (Å²) >= 11 is 0. The molecule has 1 aliphatic rings. The van der Waals surface area contributed by atoms with Crippen molar-refractivity contribution in [2.24, 2.45) is 5.73 Å². The van der Waals surface area contributed by atoms with Crippen LogP contribution in [0.25, 0.3) is 0 Å². The Morgan fingerprint density at radius 1 is 1.67 bits per heavy atom. The number of nitrogens with two attached hydrogens (primary N) is 1. The van der Waals surface area contributed by atoms with E-state index in [9.17, 15) is 4.57 Å². The fourth-order valence-electron chi connectivity index (χ4n) is 0.475. The van der Waals surface area contributed by atoms with E-state index in [2.05, 4.69) is 9.05 Å². The van der Waals surface area contributed by atoms with E-state index in [4.69, 9.17) is 5.73 Å². The molecule has 0 amide bonds. The summed E-state index contributed by atoms with van der Waals surface area (Å²) in [5.74, 6) is 0. The van der Waals surface area contributed by atoms with Crippen LogP contribution < -0.4 is 5.73 Å². The highest BCUT2D eigenvalue weighted by molar-refractivity contribution is 7.33. The van der Waals surface area contributed by atoms with E-state index in [1.165, 1.54) is 0 Å². The van der Waals surface area contributed by atoms with Gasteiger partial charge in [0.1, 0.15) is 6.23 Å². The van der Waals surface area contributed by atoms with Gasteiger partial charge < -0.3 is 10.3 Å². The molecule has 0 aromatic heterocycles. The fourth-order valence-corrected chi connectivity index (χ4v) is 1.19. The van der Waals surface area contributed by atoms with Crippen molar-refractivity contribution >= 4 is 31.3 Å². The lowest BCUT2D eigenvalue weighted by Crippen LogP contribution is -2.25. The third-order valence-corrected chi connectivity index (χ3v) is 1.80. The highest BCUT2D eigenvalue weighted by Gasteiger charge is 2.13. The molecule has 0 bridgehead atoms. The van der Waals surface area contributed by atoms with Crippen molar-refractivity contribution in [3.05, 3.63) is 0 Å². The minimum Gasteiger partial charge on any atom is -0.310 e. The summed E-state index contributed by atoms with van der Waals surface area (Å²) in [4.78, 5) is 0. The molecule has 0 spiro atoms. The highest BCUT2D eigenvalue weighted by atomic mass is 31.1. The Kier molecular flexibility index (Phi) is 5.11. The lowest BCUT2D eigenvalue weighted by molar-refractivity contribution is 0.101. The van der Waals surface area contributed by atoms with E-state index in [1.54, 1.807) is 0 Å². The van der Waals surface area contributed by atoms with Gasteiger partial charge in [-0.1, -0.05) is 0 Å². The minimum absolute atomic E-state index is 0. The van der Waals surface area contributed by atoms with Crippen LogP contribution in [0.2, 0.25) is 0 Å². The van der Waals surface area contributed by atoms with Gasteiger partial charge in [0.05, 0.1) is 6.61 Å². The van der Waals surface area contributed by atoms with Gasteiger partial charge in [0, 0.05) is 6.42 Å². The number of rotatable bonds is 0. The van der Waals surface area contributed by atoms with E-state index in [0.717, 1.165) is 0 Å². The molecule has 9 heavy (non-hydrogen) atoms. The van der Waals surface area contributed by atoms with Gasteiger partial charge in [0.2, 0.25) is 0 Å². The van der Waals surface area contributed by atoms with Gasteiger partial charge in [0.25, 0.3) is 0 Å². The fraction of sp³-hybridized carbons (Fsp3) is 1.00. The first-order valence-electron chi connectivity index (χ1n) is 2.38. The molecule has 0 saturated carbocycles. The maximum absolute atomic E-state index is 10.3. The van der Waals surface area contributed by atoms with Crippen LogP contribution in [-0.2, 0) is 13.6 Å². The molecule has 4 nitrogen and oxygen atoms in total. The van der Waals surface area contributed by atoms with Crippen molar-refractivity contribution in [3.8, 4) is 0 Å². The van der Waals surface area contributed by atoms with Crippen molar-refractivity contribution in [2.75, 3.05) is 6.61 Å². The van der Waals surface area contributed by atoms with E-state index in [-0.39, 0.29) is 29.3 Å². The second-order valence-corrected chi connectivity index (χ2v) is 2.57. The SMILES string of the molecule is NC1CCO[PH](=O)O1.[MgH2]. The molecule has 2 N–H and O–H groups in total. The van der Waals surface area contributed by atoms with Gasteiger partial charge in [-0.15, -0.1) is 0 Å². The number of hydrogen-bond donors (Lipinski definition) is 1. The Morgan fingerprint density at radius 2 is 2.33 bits per heavy atom. The molecular weight excluding hydrogens is 153 g/mol. The van der Waals surface area contributed by atoms with Crippen LogP contribution in [0.5, 0.6) is 0 Å². The zero-order valence-electron chi connectivity index (χ0n) is 4.29. The van der Waals surface area contributed by atoms with Gasteiger partial charge in [-0.2, -0.15) is 0 Å². The molecule has 0 radical (unpaired) electrons. The summed E-state index contributed by atoms with van der Waals surface area (Å²) < 4.78 is 19.5. The topological polar surface area (TPSA) is 61.5 Å². The average Bonchev–Trinajstić information content (AvgIpc) is 1.64. The molecular formula is C3H10MgNO3P. The highest BCUT2D eigenvalue weighted by Crippen LogP contribution is 2.29. The summed E-state index contributed by atoms with van der Waals surface area (Å²) in [6.07, 6.45) is 0.256. The third kappa shape index (κ3) is 3.55. The van der Waals surface area contributed by atoms with E-state index in [0.29, 0.717) is 13.0 Å². The van der Waals surface area contributed by atoms with Gasteiger partial charge >= 0.3 is 31.3 Å².